The van der Waals surface area contributed by atoms with Gasteiger partial charge in [0.25, 0.3) is 0 Å². The van der Waals surface area contributed by atoms with E-state index in [4.69, 9.17) is 5.73 Å². The molecule has 0 saturated carbocycles. The lowest BCUT2D eigenvalue weighted by atomic mass is 10.0. The third-order valence-corrected chi connectivity index (χ3v) is 3.85. The highest BCUT2D eigenvalue weighted by molar-refractivity contribution is 5.22. The Morgan fingerprint density at radius 2 is 1.71 bits per heavy atom. The van der Waals surface area contributed by atoms with Crippen LogP contribution in [0.4, 0.5) is 8.78 Å². The molecule has 1 rings (SSSR count). The van der Waals surface area contributed by atoms with Crippen LogP contribution >= 0.6 is 0 Å². The summed E-state index contributed by atoms with van der Waals surface area (Å²) in [5.41, 5.74) is 6.40. The number of nitrogens with two attached hydrogens (primary N) is 1. The maximum atomic E-state index is 13.8. The van der Waals surface area contributed by atoms with E-state index in [1.165, 1.54) is 6.07 Å². The topological polar surface area (TPSA) is 29.3 Å². The van der Waals surface area contributed by atoms with Crippen LogP contribution in [-0.2, 0) is 0 Å². The fraction of sp³-hybridized carbons (Fsp3) is 0.647. The SMILES string of the molecule is CCC(CC)N(CC(C)C)CC(N)c1cc(F)ccc1F. The first kappa shape index (κ1) is 18.1. The first-order valence-corrected chi connectivity index (χ1v) is 7.83. The van der Waals surface area contributed by atoms with Gasteiger partial charge in [0.1, 0.15) is 11.6 Å². The van der Waals surface area contributed by atoms with Crippen molar-refractivity contribution >= 4 is 0 Å². The minimum atomic E-state index is -0.514. The normalized spacial score (nSPS) is 13.4. The maximum absolute atomic E-state index is 13.8. The largest absolute Gasteiger partial charge is 0.323 e. The molecule has 0 bridgehead atoms. The predicted octanol–water partition coefficient (Wildman–Crippen LogP) is 4.11. The van der Waals surface area contributed by atoms with Crippen molar-refractivity contribution in [2.45, 2.75) is 52.6 Å². The van der Waals surface area contributed by atoms with Crippen molar-refractivity contribution < 1.29 is 8.78 Å². The molecule has 2 nitrogen and oxygen atoms in total. The summed E-state index contributed by atoms with van der Waals surface area (Å²) in [5.74, 6) is -0.368. The molecule has 0 aromatic heterocycles. The van der Waals surface area contributed by atoms with Gasteiger partial charge >= 0.3 is 0 Å². The molecule has 0 amide bonds. The number of nitrogens with zero attached hydrogens (tertiary/aromatic N) is 1. The van der Waals surface area contributed by atoms with E-state index in [2.05, 4.69) is 32.6 Å². The Bertz CT molecular complexity index is 431. The van der Waals surface area contributed by atoms with Gasteiger partial charge in [0.05, 0.1) is 0 Å². The fourth-order valence-corrected chi connectivity index (χ4v) is 2.80. The Morgan fingerprint density at radius 3 is 2.24 bits per heavy atom. The minimum Gasteiger partial charge on any atom is -0.323 e. The van der Waals surface area contributed by atoms with Crippen LogP contribution in [0.5, 0.6) is 0 Å². The zero-order valence-corrected chi connectivity index (χ0v) is 13.6. The van der Waals surface area contributed by atoms with E-state index in [0.29, 0.717) is 18.5 Å². The van der Waals surface area contributed by atoms with Gasteiger partial charge in [0, 0.05) is 30.7 Å². The second-order valence-corrected chi connectivity index (χ2v) is 6.09. The van der Waals surface area contributed by atoms with Crippen molar-refractivity contribution in [2.24, 2.45) is 11.7 Å². The van der Waals surface area contributed by atoms with Crippen LogP contribution in [0.25, 0.3) is 0 Å². The van der Waals surface area contributed by atoms with Gasteiger partial charge in [-0.05, 0) is 37.0 Å². The summed E-state index contributed by atoms with van der Waals surface area (Å²) in [6.07, 6.45) is 2.06. The summed E-state index contributed by atoms with van der Waals surface area (Å²) >= 11 is 0. The first-order valence-electron chi connectivity index (χ1n) is 7.83. The summed E-state index contributed by atoms with van der Waals surface area (Å²) in [4.78, 5) is 2.31. The van der Waals surface area contributed by atoms with Gasteiger partial charge in [-0.2, -0.15) is 0 Å². The third kappa shape index (κ3) is 5.36. The van der Waals surface area contributed by atoms with E-state index in [-0.39, 0.29) is 5.56 Å². The Hall–Kier alpha value is -1.00. The second kappa shape index (κ2) is 8.44. The van der Waals surface area contributed by atoms with Crippen LogP contribution in [0.3, 0.4) is 0 Å². The number of benzene rings is 1. The second-order valence-electron chi connectivity index (χ2n) is 6.09. The molecule has 1 atom stereocenters. The monoisotopic (exact) mass is 298 g/mol. The molecule has 4 heteroatoms. The molecule has 1 aromatic carbocycles. The van der Waals surface area contributed by atoms with Gasteiger partial charge in [-0.25, -0.2) is 8.78 Å². The Labute approximate surface area is 127 Å². The van der Waals surface area contributed by atoms with E-state index in [0.717, 1.165) is 31.5 Å². The highest BCUT2D eigenvalue weighted by Gasteiger charge is 2.21. The van der Waals surface area contributed by atoms with Gasteiger partial charge in [0.15, 0.2) is 0 Å². The molecular formula is C17H28F2N2. The average Bonchev–Trinajstić information content (AvgIpc) is 2.42. The van der Waals surface area contributed by atoms with Crippen LogP contribution in [0, 0.1) is 17.6 Å². The van der Waals surface area contributed by atoms with Crippen molar-refractivity contribution in [3.63, 3.8) is 0 Å². The molecule has 120 valence electrons. The number of rotatable bonds is 8. The Kier molecular flexibility index (Phi) is 7.26. The van der Waals surface area contributed by atoms with E-state index < -0.39 is 17.7 Å². The molecule has 0 aliphatic heterocycles. The van der Waals surface area contributed by atoms with Crippen molar-refractivity contribution in [3.05, 3.63) is 35.4 Å². The van der Waals surface area contributed by atoms with Crippen LogP contribution in [0.15, 0.2) is 18.2 Å². The molecule has 1 aromatic rings. The van der Waals surface area contributed by atoms with Crippen molar-refractivity contribution in [1.82, 2.24) is 4.90 Å². The molecule has 0 radical (unpaired) electrons. The minimum absolute atomic E-state index is 0.259. The van der Waals surface area contributed by atoms with Crippen LogP contribution < -0.4 is 5.73 Å². The zero-order valence-electron chi connectivity index (χ0n) is 13.6. The van der Waals surface area contributed by atoms with E-state index in [1.807, 2.05) is 0 Å². The molecule has 0 heterocycles. The number of hydrogen-bond acceptors (Lipinski definition) is 2. The van der Waals surface area contributed by atoms with E-state index >= 15 is 0 Å². The van der Waals surface area contributed by atoms with Crippen molar-refractivity contribution in [2.75, 3.05) is 13.1 Å². The molecule has 0 aliphatic rings. The lowest BCUT2D eigenvalue weighted by Crippen LogP contribution is -2.42. The summed E-state index contributed by atoms with van der Waals surface area (Å²) in [6.45, 7) is 10.1. The lowest BCUT2D eigenvalue weighted by Gasteiger charge is -2.34. The van der Waals surface area contributed by atoms with Crippen LogP contribution in [0.1, 0.15) is 52.1 Å². The van der Waals surface area contributed by atoms with Gasteiger partial charge in [0.2, 0.25) is 0 Å². The molecule has 2 N–H and O–H groups in total. The number of halogens is 2. The van der Waals surface area contributed by atoms with Crippen LogP contribution in [0.2, 0.25) is 0 Å². The number of hydrogen-bond donors (Lipinski definition) is 1. The van der Waals surface area contributed by atoms with Crippen molar-refractivity contribution in [3.8, 4) is 0 Å². The summed E-state index contributed by atoms with van der Waals surface area (Å²) in [6, 6.07) is 3.39. The first-order chi connectivity index (χ1) is 9.88. The molecule has 1 unspecified atom stereocenters. The molecule has 0 aliphatic carbocycles. The quantitative estimate of drug-likeness (QED) is 0.782. The van der Waals surface area contributed by atoms with E-state index in [1.54, 1.807) is 0 Å². The predicted molar refractivity (Wildman–Crippen MR) is 84.1 cm³/mol. The summed E-state index contributed by atoms with van der Waals surface area (Å²) < 4.78 is 27.1. The summed E-state index contributed by atoms with van der Waals surface area (Å²) in [7, 11) is 0. The Balaban J connectivity index is 2.88. The molecule has 0 spiro atoms. The zero-order chi connectivity index (χ0) is 16.0. The molecular weight excluding hydrogens is 270 g/mol. The smallest absolute Gasteiger partial charge is 0.128 e. The Morgan fingerprint density at radius 1 is 1.10 bits per heavy atom. The lowest BCUT2D eigenvalue weighted by molar-refractivity contribution is 0.155. The molecule has 0 saturated heterocycles. The third-order valence-electron chi connectivity index (χ3n) is 3.85. The molecule has 0 fully saturated rings. The average molecular weight is 298 g/mol. The highest BCUT2D eigenvalue weighted by atomic mass is 19.1. The fourth-order valence-electron chi connectivity index (χ4n) is 2.80. The highest BCUT2D eigenvalue weighted by Crippen LogP contribution is 2.20. The van der Waals surface area contributed by atoms with Gasteiger partial charge < -0.3 is 5.73 Å². The maximum Gasteiger partial charge on any atom is 0.128 e. The van der Waals surface area contributed by atoms with E-state index in [9.17, 15) is 8.78 Å². The molecule has 21 heavy (non-hydrogen) atoms. The van der Waals surface area contributed by atoms with Gasteiger partial charge in [-0.1, -0.05) is 27.7 Å². The van der Waals surface area contributed by atoms with Gasteiger partial charge in [-0.15, -0.1) is 0 Å². The van der Waals surface area contributed by atoms with Crippen molar-refractivity contribution in [1.29, 1.82) is 0 Å². The summed E-state index contributed by atoms with van der Waals surface area (Å²) in [5, 5.41) is 0. The van der Waals surface area contributed by atoms with Gasteiger partial charge in [-0.3, -0.25) is 4.90 Å². The standard InChI is InChI=1S/C17H28F2N2/c1-5-14(6-2)21(10-12(3)4)11-17(20)15-9-13(18)7-8-16(15)19/h7-9,12,14,17H,5-6,10-11,20H2,1-4H3. The van der Waals surface area contributed by atoms with Crippen LogP contribution in [-0.4, -0.2) is 24.0 Å².